The molecule has 0 aliphatic heterocycles. The molecule has 0 amide bonds. The van der Waals surface area contributed by atoms with Crippen LogP contribution in [0.4, 0.5) is 0 Å². The van der Waals surface area contributed by atoms with Crippen molar-refractivity contribution in [2.75, 3.05) is 27.7 Å². The molecule has 1 atom stereocenters. The summed E-state index contributed by atoms with van der Waals surface area (Å²) in [6.45, 7) is 0.636. The summed E-state index contributed by atoms with van der Waals surface area (Å²) in [5.74, 6) is 1.11. The third kappa shape index (κ3) is 3.86. The van der Waals surface area contributed by atoms with Gasteiger partial charge < -0.3 is 14.7 Å². The normalized spacial score (nSPS) is 12.8. The van der Waals surface area contributed by atoms with E-state index in [-0.39, 0.29) is 11.8 Å². The van der Waals surface area contributed by atoms with Crippen LogP contribution in [-0.4, -0.2) is 39.1 Å². The molecule has 0 aliphatic rings. The van der Waals surface area contributed by atoms with Gasteiger partial charge in [0.05, 0.1) is 27.7 Å². The monoisotopic (exact) mass is 349 g/mol. The predicted octanol–water partition coefficient (Wildman–Crippen LogP) is 2.86. The molecule has 4 heteroatoms. The number of likely N-dealkylation sites (N-methyl/N-ethyl adjacent to an activating group) is 1. The maximum absolute atomic E-state index is 10.2. The number of phenols is 1. The Morgan fingerprint density at radius 3 is 2.46 bits per heavy atom. The zero-order chi connectivity index (χ0) is 18.5. The maximum Gasteiger partial charge on any atom is 0.132 e. The Morgan fingerprint density at radius 2 is 1.77 bits per heavy atom. The fourth-order valence-corrected chi connectivity index (χ4v) is 3.13. The molecule has 4 nitrogen and oxygen atoms in total. The van der Waals surface area contributed by atoms with Gasteiger partial charge in [0.15, 0.2) is 0 Å². The van der Waals surface area contributed by atoms with Crippen LogP contribution in [0.5, 0.6) is 11.5 Å². The molecule has 0 radical (unpaired) electrons. The van der Waals surface area contributed by atoms with Crippen LogP contribution in [0.15, 0.2) is 65.7 Å². The van der Waals surface area contributed by atoms with Gasteiger partial charge in [0, 0.05) is 17.3 Å². The Labute approximate surface area is 154 Å². The molecule has 0 heterocycles. The van der Waals surface area contributed by atoms with Gasteiger partial charge in [-0.15, -0.1) is 0 Å². The van der Waals surface area contributed by atoms with E-state index in [4.69, 9.17) is 4.74 Å². The first-order valence-corrected chi connectivity index (χ1v) is 8.74. The Bertz CT molecular complexity index is 902. The van der Waals surface area contributed by atoms with Crippen LogP contribution >= 0.6 is 0 Å². The lowest BCUT2D eigenvalue weighted by molar-refractivity contribution is -0.890. The fraction of sp³-hybridized carbons (Fsp3) is 0.227. The topological polar surface area (TPSA) is 46.3 Å². The molecular weight excluding hydrogens is 324 g/mol. The number of quaternary nitrogens is 1. The summed E-state index contributed by atoms with van der Waals surface area (Å²) in [4.78, 5) is 5.96. The second-order valence-corrected chi connectivity index (χ2v) is 6.62. The molecule has 0 aliphatic carbocycles. The van der Waals surface area contributed by atoms with Crippen molar-refractivity contribution in [1.82, 2.24) is 0 Å². The highest BCUT2D eigenvalue weighted by Crippen LogP contribution is 2.25. The quantitative estimate of drug-likeness (QED) is 0.672. The van der Waals surface area contributed by atoms with Gasteiger partial charge in [0.25, 0.3) is 0 Å². The highest BCUT2D eigenvalue weighted by atomic mass is 16.5. The average molecular weight is 349 g/mol. The van der Waals surface area contributed by atoms with Gasteiger partial charge in [-0.2, -0.15) is 0 Å². The Balaban J connectivity index is 1.84. The molecule has 134 valence electrons. The van der Waals surface area contributed by atoms with E-state index in [0.717, 1.165) is 22.1 Å². The SMILES string of the molecule is COc1ccc([C@H](CN=Cc2c(O)ccc3ccccc23)[NH+](C)C)cc1. The largest absolute Gasteiger partial charge is 0.507 e. The molecule has 0 unspecified atom stereocenters. The van der Waals surface area contributed by atoms with E-state index in [1.165, 1.54) is 10.5 Å². The van der Waals surface area contributed by atoms with E-state index in [1.807, 2.05) is 42.5 Å². The number of aromatic hydroxyl groups is 1. The van der Waals surface area contributed by atoms with Crippen molar-refractivity contribution in [2.24, 2.45) is 4.99 Å². The zero-order valence-corrected chi connectivity index (χ0v) is 15.4. The molecular formula is C22H25N2O2+. The van der Waals surface area contributed by atoms with Crippen molar-refractivity contribution in [1.29, 1.82) is 0 Å². The van der Waals surface area contributed by atoms with E-state index in [0.29, 0.717) is 6.54 Å². The minimum Gasteiger partial charge on any atom is -0.507 e. The van der Waals surface area contributed by atoms with Crippen molar-refractivity contribution >= 4 is 17.0 Å². The van der Waals surface area contributed by atoms with Gasteiger partial charge in [-0.1, -0.05) is 30.3 Å². The lowest BCUT2D eigenvalue weighted by Crippen LogP contribution is -3.06. The molecule has 0 bridgehead atoms. The Hall–Kier alpha value is -2.85. The van der Waals surface area contributed by atoms with Gasteiger partial charge in [-0.3, -0.25) is 4.99 Å². The van der Waals surface area contributed by atoms with Gasteiger partial charge >= 0.3 is 0 Å². The number of hydrogen-bond acceptors (Lipinski definition) is 3. The number of nitrogens with one attached hydrogen (secondary N) is 1. The third-order valence-corrected chi connectivity index (χ3v) is 4.67. The molecule has 0 spiro atoms. The number of nitrogens with zero attached hydrogens (tertiary/aromatic N) is 1. The number of aliphatic imine (C=N–C) groups is 1. The summed E-state index contributed by atoms with van der Waals surface area (Å²) >= 11 is 0. The fourth-order valence-electron chi connectivity index (χ4n) is 3.13. The summed E-state index contributed by atoms with van der Waals surface area (Å²) < 4.78 is 5.24. The van der Waals surface area contributed by atoms with Crippen molar-refractivity contribution in [2.45, 2.75) is 6.04 Å². The molecule has 3 aromatic carbocycles. The van der Waals surface area contributed by atoms with Gasteiger partial charge in [0.2, 0.25) is 0 Å². The van der Waals surface area contributed by atoms with Crippen LogP contribution in [0, 0.1) is 0 Å². The van der Waals surface area contributed by atoms with Crippen molar-refractivity contribution < 1.29 is 14.7 Å². The summed E-state index contributed by atoms with van der Waals surface area (Å²) in [7, 11) is 5.92. The summed E-state index contributed by atoms with van der Waals surface area (Å²) in [5.41, 5.74) is 1.98. The summed E-state index contributed by atoms with van der Waals surface area (Å²) in [6, 6.07) is 20.0. The lowest BCUT2D eigenvalue weighted by atomic mass is 10.0. The molecule has 0 saturated heterocycles. The first-order valence-electron chi connectivity index (χ1n) is 8.74. The predicted molar refractivity (Wildman–Crippen MR) is 107 cm³/mol. The maximum atomic E-state index is 10.2. The summed E-state index contributed by atoms with van der Waals surface area (Å²) in [5, 5.41) is 12.4. The number of hydrogen-bond donors (Lipinski definition) is 2. The standard InChI is InChI=1S/C22H24N2O2/c1-24(2)21(17-8-11-18(26-3)12-9-17)15-23-14-20-19-7-5-4-6-16(19)10-13-22(20)25/h4-14,21,25H,15H2,1-3H3/p+1/t21-/m0/s1. The number of ether oxygens (including phenoxy) is 1. The van der Waals surface area contributed by atoms with Gasteiger partial charge in [-0.05, 0) is 41.1 Å². The van der Waals surface area contributed by atoms with Crippen LogP contribution in [0.1, 0.15) is 17.2 Å². The number of fused-ring (bicyclic) bond motifs is 1. The highest BCUT2D eigenvalue weighted by molar-refractivity contribution is 6.02. The van der Waals surface area contributed by atoms with Crippen LogP contribution in [0.3, 0.4) is 0 Å². The minimum absolute atomic E-state index is 0.231. The van der Waals surface area contributed by atoms with E-state index in [2.05, 4.69) is 31.2 Å². The van der Waals surface area contributed by atoms with E-state index >= 15 is 0 Å². The third-order valence-electron chi connectivity index (χ3n) is 4.67. The number of benzene rings is 3. The van der Waals surface area contributed by atoms with Crippen molar-refractivity contribution in [3.63, 3.8) is 0 Å². The average Bonchev–Trinajstić information content (AvgIpc) is 2.66. The van der Waals surface area contributed by atoms with E-state index in [9.17, 15) is 5.11 Å². The first kappa shape index (κ1) is 18.0. The summed E-state index contributed by atoms with van der Waals surface area (Å²) in [6.07, 6.45) is 1.79. The zero-order valence-electron chi connectivity index (χ0n) is 15.4. The van der Waals surface area contributed by atoms with Crippen molar-refractivity contribution in [3.05, 3.63) is 71.8 Å². The number of methoxy groups -OCH3 is 1. The molecule has 0 aromatic heterocycles. The van der Waals surface area contributed by atoms with E-state index in [1.54, 1.807) is 19.4 Å². The number of rotatable bonds is 6. The minimum atomic E-state index is 0.231. The highest BCUT2D eigenvalue weighted by Gasteiger charge is 2.17. The van der Waals surface area contributed by atoms with Crippen LogP contribution in [0.2, 0.25) is 0 Å². The Morgan fingerprint density at radius 1 is 1.04 bits per heavy atom. The Kier molecular flexibility index (Phi) is 5.54. The van der Waals surface area contributed by atoms with Gasteiger partial charge in [-0.25, -0.2) is 0 Å². The lowest BCUT2D eigenvalue weighted by Gasteiger charge is -2.20. The molecule has 3 aromatic rings. The van der Waals surface area contributed by atoms with Crippen LogP contribution in [-0.2, 0) is 0 Å². The van der Waals surface area contributed by atoms with Crippen molar-refractivity contribution in [3.8, 4) is 11.5 Å². The molecule has 2 N–H and O–H groups in total. The van der Waals surface area contributed by atoms with Crippen LogP contribution in [0.25, 0.3) is 10.8 Å². The molecule has 26 heavy (non-hydrogen) atoms. The molecule has 0 fully saturated rings. The smallest absolute Gasteiger partial charge is 0.132 e. The molecule has 3 rings (SSSR count). The second-order valence-electron chi connectivity index (χ2n) is 6.62. The first-order chi connectivity index (χ1) is 12.6. The molecule has 0 saturated carbocycles. The van der Waals surface area contributed by atoms with Crippen LogP contribution < -0.4 is 9.64 Å². The van der Waals surface area contributed by atoms with Gasteiger partial charge in [0.1, 0.15) is 17.5 Å². The second kappa shape index (κ2) is 8.02. The van der Waals surface area contributed by atoms with E-state index < -0.39 is 0 Å². The number of phenolic OH excluding ortho intramolecular Hbond substituents is 1.